The molecule has 2 heterocycles. The molecule has 0 bridgehead atoms. The number of nitrogens with one attached hydrogen (secondary N) is 1. The third kappa shape index (κ3) is 6.37. The fourth-order valence-corrected chi connectivity index (χ4v) is 5.35. The molecular weight excluding hydrogens is 502 g/mol. The first-order valence-electron chi connectivity index (χ1n) is 11.5. The number of piperidine rings is 1. The molecular formula is C26H33BrClN3O2. The number of nitrogens with zero attached hydrogens (tertiary/aromatic N) is 2. The van der Waals surface area contributed by atoms with Crippen LogP contribution in [0.3, 0.4) is 0 Å². The molecule has 2 fully saturated rings. The highest BCUT2D eigenvalue weighted by Crippen LogP contribution is 2.42. The summed E-state index contributed by atoms with van der Waals surface area (Å²) in [6, 6.07) is 18.4. The van der Waals surface area contributed by atoms with Crippen LogP contribution in [0.2, 0.25) is 0 Å². The highest BCUT2D eigenvalue weighted by atomic mass is 79.9. The summed E-state index contributed by atoms with van der Waals surface area (Å²) in [4.78, 5) is 29.5. The summed E-state index contributed by atoms with van der Waals surface area (Å²) in [7, 11) is 0. The van der Waals surface area contributed by atoms with Gasteiger partial charge >= 0.3 is 0 Å². The van der Waals surface area contributed by atoms with E-state index in [9.17, 15) is 9.59 Å². The van der Waals surface area contributed by atoms with Gasteiger partial charge in [0.15, 0.2) is 0 Å². The molecule has 1 N–H and O–H groups in total. The van der Waals surface area contributed by atoms with E-state index in [1.165, 1.54) is 5.56 Å². The maximum atomic E-state index is 13.3. The minimum Gasteiger partial charge on any atom is -0.349 e. The standard InChI is InChI=1S/C26H32BrN3O2.ClH/c1-20(31)28-24(22-5-3-2-4-6-22)11-15-29-16-12-26(13-17-29)14-18-30(25(26)32)19-21-7-9-23(27)10-8-21;/h2-10,24H,11-19H2,1H3,(H,28,31);1H/t24-;/m0./s1. The first-order chi connectivity index (χ1) is 15.4. The summed E-state index contributed by atoms with van der Waals surface area (Å²) >= 11 is 3.47. The molecule has 0 saturated carbocycles. The van der Waals surface area contributed by atoms with E-state index in [1.54, 1.807) is 6.92 Å². The number of hydrogen-bond acceptors (Lipinski definition) is 3. The average Bonchev–Trinajstić information content (AvgIpc) is 3.09. The van der Waals surface area contributed by atoms with Crippen molar-refractivity contribution in [2.45, 2.75) is 45.2 Å². The molecule has 5 nitrogen and oxygen atoms in total. The van der Waals surface area contributed by atoms with Crippen LogP contribution in [0.5, 0.6) is 0 Å². The second-order valence-electron chi connectivity index (χ2n) is 9.18. The largest absolute Gasteiger partial charge is 0.349 e. The van der Waals surface area contributed by atoms with Crippen molar-refractivity contribution in [1.29, 1.82) is 0 Å². The Kier molecular flexibility index (Phi) is 8.96. The molecule has 2 aromatic rings. The van der Waals surface area contributed by atoms with E-state index in [0.717, 1.165) is 61.9 Å². The van der Waals surface area contributed by atoms with Crippen molar-refractivity contribution in [3.05, 3.63) is 70.2 Å². The number of amides is 2. The molecule has 33 heavy (non-hydrogen) atoms. The SMILES string of the molecule is CC(=O)N[C@@H](CCN1CCC2(CC1)CCN(Cc1ccc(Br)cc1)C2=O)c1ccccc1.Cl. The van der Waals surface area contributed by atoms with Crippen LogP contribution < -0.4 is 5.32 Å². The third-order valence-corrected chi connectivity index (χ3v) is 7.54. The Balaban J connectivity index is 0.00000306. The lowest BCUT2D eigenvalue weighted by Gasteiger charge is -2.38. The second kappa shape index (κ2) is 11.5. The molecule has 0 unspecified atom stereocenters. The quantitative estimate of drug-likeness (QED) is 0.547. The van der Waals surface area contributed by atoms with Crippen molar-refractivity contribution in [3.8, 4) is 0 Å². The predicted octanol–water partition coefficient (Wildman–Crippen LogP) is 4.95. The second-order valence-corrected chi connectivity index (χ2v) is 10.1. The Morgan fingerprint density at radius 2 is 1.67 bits per heavy atom. The van der Waals surface area contributed by atoms with Crippen LogP contribution in [0, 0.1) is 5.41 Å². The maximum Gasteiger partial charge on any atom is 0.229 e. The van der Waals surface area contributed by atoms with Crippen LogP contribution in [0.4, 0.5) is 0 Å². The summed E-state index contributed by atoms with van der Waals surface area (Å²) < 4.78 is 1.06. The molecule has 0 radical (unpaired) electrons. The number of carbonyl (C=O) groups is 2. The van der Waals surface area contributed by atoms with Gasteiger partial charge in [0.1, 0.15) is 0 Å². The van der Waals surface area contributed by atoms with Crippen LogP contribution in [0.25, 0.3) is 0 Å². The summed E-state index contributed by atoms with van der Waals surface area (Å²) in [6.45, 7) is 5.94. The van der Waals surface area contributed by atoms with Crippen LogP contribution in [-0.4, -0.2) is 47.8 Å². The molecule has 7 heteroatoms. The molecule has 178 valence electrons. The van der Waals surface area contributed by atoms with Crippen molar-refractivity contribution in [1.82, 2.24) is 15.1 Å². The molecule has 2 amide bonds. The zero-order chi connectivity index (χ0) is 22.6. The van der Waals surface area contributed by atoms with Gasteiger partial charge < -0.3 is 15.1 Å². The van der Waals surface area contributed by atoms with Gasteiger partial charge in [0, 0.05) is 31.0 Å². The Bertz CT molecular complexity index is 930. The third-order valence-electron chi connectivity index (χ3n) is 7.01. The van der Waals surface area contributed by atoms with Crippen molar-refractivity contribution in [2.24, 2.45) is 5.41 Å². The molecule has 0 aromatic heterocycles. The van der Waals surface area contributed by atoms with Crippen LogP contribution in [-0.2, 0) is 16.1 Å². The van der Waals surface area contributed by atoms with Gasteiger partial charge in [-0.3, -0.25) is 9.59 Å². The molecule has 2 aliphatic rings. The minimum atomic E-state index is -0.178. The lowest BCUT2D eigenvalue weighted by Crippen LogP contribution is -2.45. The van der Waals surface area contributed by atoms with Crippen molar-refractivity contribution in [3.63, 3.8) is 0 Å². The summed E-state index contributed by atoms with van der Waals surface area (Å²) in [5, 5.41) is 3.09. The van der Waals surface area contributed by atoms with Crippen LogP contribution >= 0.6 is 28.3 Å². The molecule has 1 spiro atoms. The van der Waals surface area contributed by atoms with Crippen LogP contribution in [0.1, 0.15) is 49.8 Å². The number of carbonyl (C=O) groups excluding carboxylic acids is 2. The van der Waals surface area contributed by atoms with E-state index < -0.39 is 0 Å². The highest BCUT2D eigenvalue weighted by molar-refractivity contribution is 9.10. The fourth-order valence-electron chi connectivity index (χ4n) is 5.09. The Hall–Kier alpha value is -1.89. The van der Waals surface area contributed by atoms with Crippen LogP contribution in [0.15, 0.2) is 59.1 Å². The van der Waals surface area contributed by atoms with Gasteiger partial charge in [-0.2, -0.15) is 0 Å². The maximum absolute atomic E-state index is 13.3. The first-order valence-corrected chi connectivity index (χ1v) is 12.3. The van der Waals surface area contributed by atoms with E-state index in [2.05, 4.69) is 50.4 Å². The minimum absolute atomic E-state index is 0. The summed E-state index contributed by atoms with van der Waals surface area (Å²) in [5.74, 6) is 0.333. The molecule has 2 aliphatic heterocycles. The number of likely N-dealkylation sites (tertiary alicyclic amines) is 2. The molecule has 4 rings (SSSR count). The molecule has 0 aliphatic carbocycles. The highest BCUT2D eigenvalue weighted by Gasteiger charge is 2.47. The molecule has 2 saturated heterocycles. The van der Waals surface area contributed by atoms with Gasteiger partial charge in [-0.25, -0.2) is 0 Å². The number of hydrogen-bond donors (Lipinski definition) is 1. The van der Waals surface area contributed by atoms with Gasteiger partial charge in [0.25, 0.3) is 0 Å². The zero-order valence-corrected chi connectivity index (χ0v) is 21.5. The lowest BCUT2D eigenvalue weighted by atomic mass is 9.77. The monoisotopic (exact) mass is 533 g/mol. The molecule has 1 atom stereocenters. The Morgan fingerprint density at radius 3 is 2.30 bits per heavy atom. The Labute approximate surface area is 211 Å². The number of benzene rings is 2. The van der Waals surface area contributed by atoms with Crippen molar-refractivity contribution < 1.29 is 9.59 Å². The molecule has 2 aromatic carbocycles. The summed E-state index contributed by atoms with van der Waals surface area (Å²) in [6.07, 6.45) is 3.70. The van der Waals surface area contributed by atoms with Crippen molar-refractivity contribution >= 4 is 40.2 Å². The van der Waals surface area contributed by atoms with Gasteiger partial charge in [-0.1, -0.05) is 58.4 Å². The lowest BCUT2D eigenvalue weighted by molar-refractivity contribution is -0.139. The van der Waals surface area contributed by atoms with E-state index in [0.29, 0.717) is 12.5 Å². The topological polar surface area (TPSA) is 52.7 Å². The van der Waals surface area contributed by atoms with E-state index in [4.69, 9.17) is 0 Å². The van der Waals surface area contributed by atoms with Gasteiger partial charge in [-0.15, -0.1) is 12.4 Å². The number of halogens is 2. The zero-order valence-electron chi connectivity index (χ0n) is 19.1. The van der Waals surface area contributed by atoms with Gasteiger partial charge in [0.2, 0.25) is 11.8 Å². The van der Waals surface area contributed by atoms with E-state index >= 15 is 0 Å². The van der Waals surface area contributed by atoms with Gasteiger partial charge in [0.05, 0.1) is 11.5 Å². The Morgan fingerprint density at radius 1 is 1.03 bits per heavy atom. The van der Waals surface area contributed by atoms with Gasteiger partial charge in [-0.05, 0) is 62.0 Å². The average molecular weight is 535 g/mol. The predicted molar refractivity (Wildman–Crippen MR) is 137 cm³/mol. The normalized spacial score (nSPS) is 18.7. The smallest absolute Gasteiger partial charge is 0.229 e. The van der Waals surface area contributed by atoms with E-state index in [-0.39, 0.29) is 29.8 Å². The first kappa shape index (κ1) is 25.7. The van der Waals surface area contributed by atoms with E-state index in [1.807, 2.05) is 35.2 Å². The fraction of sp³-hybridized carbons (Fsp3) is 0.462. The summed E-state index contributed by atoms with van der Waals surface area (Å²) in [5.41, 5.74) is 2.15. The number of rotatable bonds is 7. The van der Waals surface area contributed by atoms with Crippen molar-refractivity contribution in [2.75, 3.05) is 26.2 Å².